The third kappa shape index (κ3) is 9.48. The molecule has 2 N–H and O–H groups in total. The van der Waals surface area contributed by atoms with Crippen LogP contribution in [0.15, 0.2) is 33.7 Å². The average molecular weight is 519 g/mol. The minimum Gasteiger partial charge on any atom is -0.356 e. The van der Waals surface area contributed by atoms with Crippen LogP contribution in [0.25, 0.3) is 0 Å². The minimum absolute atomic E-state index is 0. The first kappa shape index (κ1) is 22.6. The van der Waals surface area contributed by atoms with Crippen LogP contribution >= 0.6 is 39.9 Å². The van der Waals surface area contributed by atoms with Crippen LogP contribution in [0.2, 0.25) is 0 Å². The summed E-state index contributed by atoms with van der Waals surface area (Å²) in [6.07, 6.45) is 1.85. The predicted molar refractivity (Wildman–Crippen MR) is 110 cm³/mol. The molecule has 0 aliphatic heterocycles. The number of rotatable bonds is 7. The van der Waals surface area contributed by atoms with E-state index in [0.717, 1.165) is 23.2 Å². The molecule has 0 fully saturated rings. The Hall–Kier alpha value is -0.390. The van der Waals surface area contributed by atoms with Crippen molar-refractivity contribution in [3.63, 3.8) is 0 Å². The number of hydrogen-bond acceptors (Lipinski definition) is 3. The molecule has 1 aromatic rings. The van der Waals surface area contributed by atoms with E-state index in [1.54, 1.807) is 7.05 Å². The van der Waals surface area contributed by atoms with Gasteiger partial charge in [-0.3, -0.25) is 4.99 Å². The summed E-state index contributed by atoms with van der Waals surface area (Å²) in [6.45, 7) is 1.79. The van der Waals surface area contributed by atoms with Gasteiger partial charge in [0.1, 0.15) is 0 Å². The molecule has 1 aromatic carbocycles. The first-order valence-electron chi connectivity index (χ1n) is 6.93. The lowest BCUT2D eigenvalue weighted by Crippen LogP contribution is -2.39. The van der Waals surface area contributed by atoms with Crippen molar-refractivity contribution in [1.82, 2.24) is 14.9 Å². The summed E-state index contributed by atoms with van der Waals surface area (Å²) in [6, 6.07) is 8.05. The van der Waals surface area contributed by atoms with E-state index in [9.17, 15) is 8.42 Å². The zero-order valence-corrected chi connectivity index (χ0v) is 18.3. The van der Waals surface area contributed by atoms with Gasteiger partial charge in [0.2, 0.25) is 10.0 Å². The molecule has 0 bridgehead atoms. The van der Waals surface area contributed by atoms with Crippen LogP contribution in [0.5, 0.6) is 0 Å². The number of nitrogens with one attached hydrogen (secondary N) is 2. The van der Waals surface area contributed by atoms with Crippen molar-refractivity contribution in [1.29, 1.82) is 0 Å². The van der Waals surface area contributed by atoms with Crippen molar-refractivity contribution in [3.05, 3.63) is 34.3 Å². The quantitative estimate of drug-likeness (QED) is 0.251. The van der Waals surface area contributed by atoms with E-state index >= 15 is 0 Å². The molecule has 0 aliphatic rings. The molecule has 0 spiro atoms. The Morgan fingerprint density at radius 1 is 1.30 bits per heavy atom. The standard InChI is InChI=1S/C14H23BrN4O2S.HI/c1-16-14(17-9-6-10-18-22(3,20)21)19(2)11-12-7-4-5-8-13(12)15;/h4-5,7-8,18H,6,9-11H2,1-3H3,(H,16,17);1H. The van der Waals surface area contributed by atoms with Gasteiger partial charge in [-0.05, 0) is 18.1 Å². The van der Waals surface area contributed by atoms with Gasteiger partial charge < -0.3 is 10.2 Å². The third-order valence-electron chi connectivity index (χ3n) is 2.94. The Balaban J connectivity index is 0.00000484. The number of hydrogen-bond donors (Lipinski definition) is 2. The lowest BCUT2D eigenvalue weighted by atomic mass is 10.2. The highest BCUT2D eigenvalue weighted by atomic mass is 127. The second kappa shape index (κ2) is 11.2. The summed E-state index contributed by atoms with van der Waals surface area (Å²) in [4.78, 5) is 6.26. The summed E-state index contributed by atoms with van der Waals surface area (Å²) in [5.74, 6) is 0.773. The van der Waals surface area contributed by atoms with Crippen LogP contribution in [0.3, 0.4) is 0 Å². The number of halogens is 2. The summed E-state index contributed by atoms with van der Waals surface area (Å²) in [7, 11) is 0.576. The van der Waals surface area contributed by atoms with Crippen LogP contribution in [-0.4, -0.2) is 52.7 Å². The van der Waals surface area contributed by atoms with E-state index in [1.165, 1.54) is 5.56 Å². The molecule has 0 saturated carbocycles. The van der Waals surface area contributed by atoms with E-state index < -0.39 is 10.0 Å². The smallest absolute Gasteiger partial charge is 0.208 e. The maximum Gasteiger partial charge on any atom is 0.208 e. The Morgan fingerprint density at radius 2 is 1.96 bits per heavy atom. The molecule has 0 saturated heterocycles. The van der Waals surface area contributed by atoms with Gasteiger partial charge >= 0.3 is 0 Å². The van der Waals surface area contributed by atoms with Crippen LogP contribution < -0.4 is 10.0 Å². The first-order valence-corrected chi connectivity index (χ1v) is 9.61. The number of nitrogens with zero attached hydrogens (tertiary/aromatic N) is 2. The van der Waals surface area contributed by atoms with Crippen molar-refractivity contribution in [2.24, 2.45) is 4.99 Å². The highest BCUT2D eigenvalue weighted by Crippen LogP contribution is 2.17. The second-order valence-electron chi connectivity index (χ2n) is 4.94. The fourth-order valence-electron chi connectivity index (χ4n) is 1.89. The topological polar surface area (TPSA) is 73.8 Å². The molecular weight excluding hydrogens is 495 g/mol. The number of aliphatic imine (C=N–C) groups is 1. The zero-order valence-electron chi connectivity index (χ0n) is 13.5. The first-order chi connectivity index (χ1) is 10.3. The van der Waals surface area contributed by atoms with Crippen molar-refractivity contribution in [2.45, 2.75) is 13.0 Å². The molecule has 0 atom stereocenters. The van der Waals surface area contributed by atoms with Crippen LogP contribution in [-0.2, 0) is 16.6 Å². The van der Waals surface area contributed by atoms with Gasteiger partial charge in [0, 0.05) is 38.2 Å². The minimum atomic E-state index is -3.12. The van der Waals surface area contributed by atoms with Gasteiger partial charge in [-0.1, -0.05) is 34.1 Å². The molecular formula is C14H24BrIN4O2S. The number of sulfonamides is 1. The third-order valence-corrected chi connectivity index (χ3v) is 4.44. The zero-order chi connectivity index (χ0) is 16.6. The number of guanidine groups is 1. The monoisotopic (exact) mass is 518 g/mol. The van der Waals surface area contributed by atoms with Crippen molar-refractivity contribution < 1.29 is 8.42 Å². The maximum atomic E-state index is 11.0. The predicted octanol–water partition coefficient (Wildman–Crippen LogP) is 2.01. The van der Waals surface area contributed by atoms with Crippen molar-refractivity contribution in [3.8, 4) is 0 Å². The Morgan fingerprint density at radius 3 is 2.52 bits per heavy atom. The maximum absolute atomic E-state index is 11.0. The molecule has 0 heterocycles. The molecule has 9 heteroatoms. The van der Waals surface area contributed by atoms with Gasteiger partial charge in [0.05, 0.1) is 6.26 Å². The molecule has 0 unspecified atom stereocenters. The summed E-state index contributed by atoms with van der Waals surface area (Å²) < 4.78 is 25.4. The Bertz CT molecular complexity index is 611. The molecule has 0 aliphatic carbocycles. The van der Waals surface area contributed by atoms with Crippen LogP contribution in [0.1, 0.15) is 12.0 Å². The SMILES string of the molecule is CN=C(NCCCNS(C)(=O)=O)N(C)Cc1ccccc1Br.I. The molecule has 0 radical (unpaired) electrons. The lowest BCUT2D eigenvalue weighted by molar-refractivity contribution is 0.474. The Labute approximate surface area is 164 Å². The molecule has 23 heavy (non-hydrogen) atoms. The highest BCUT2D eigenvalue weighted by Gasteiger charge is 2.08. The van der Waals surface area contributed by atoms with Crippen molar-refractivity contribution in [2.75, 3.05) is 33.4 Å². The van der Waals surface area contributed by atoms with E-state index in [2.05, 4.69) is 37.0 Å². The van der Waals surface area contributed by atoms with Crippen LogP contribution in [0, 0.1) is 0 Å². The molecule has 0 aromatic heterocycles. The van der Waals surface area contributed by atoms with Crippen LogP contribution in [0.4, 0.5) is 0 Å². The van der Waals surface area contributed by atoms with Gasteiger partial charge in [-0.2, -0.15) is 0 Å². The summed E-state index contributed by atoms with van der Waals surface area (Å²) in [5.41, 5.74) is 1.17. The summed E-state index contributed by atoms with van der Waals surface area (Å²) in [5, 5.41) is 3.22. The number of benzene rings is 1. The highest BCUT2D eigenvalue weighted by molar-refractivity contribution is 14.0. The van der Waals surface area contributed by atoms with Gasteiger partial charge in [-0.25, -0.2) is 13.1 Å². The largest absolute Gasteiger partial charge is 0.356 e. The fraction of sp³-hybridized carbons (Fsp3) is 0.500. The van der Waals surface area contributed by atoms with E-state index in [-0.39, 0.29) is 24.0 Å². The van der Waals surface area contributed by atoms with Gasteiger partial charge in [0.15, 0.2) is 5.96 Å². The second-order valence-corrected chi connectivity index (χ2v) is 7.63. The van der Waals surface area contributed by atoms with E-state index in [1.807, 2.05) is 30.1 Å². The average Bonchev–Trinajstić information content (AvgIpc) is 2.44. The summed E-state index contributed by atoms with van der Waals surface area (Å²) >= 11 is 3.54. The van der Waals surface area contributed by atoms with Crippen molar-refractivity contribution >= 4 is 55.9 Å². The fourth-order valence-corrected chi connectivity index (χ4v) is 2.81. The molecule has 1 rings (SSSR count). The van der Waals surface area contributed by atoms with E-state index in [0.29, 0.717) is 19.5 Å². The normalized spacial score (nSPS) is 11.7. The Kier molecular flexibility index (Phi) is 11.0. The van der Waals surface area contributed by atoms with Gasteiger partial charge in [0.25, 0.3) is 0 Å². The molecule has 0 amide bonds. The lowest BCUT2D eigenvalue weighted by Gasteiger charge is -2.22. The molecule has 6 nitrogen and oxygen atoms in total. The van der Waals surface area contributed by atoms with Gasteiger partial charge in [-0.15, -0.1) is 24.0 Å². The van der Waals surface area contributed by atoms with E-state index in [4.69, 9.17) is 0 Å². The molecule has 132 valence electrons.